The Hall–Kier alpha value is -1.26. The Morgan fingerprint density at radius 2 is 1.86 bits per heavy atom. The standard InChI is InChI=1S/C11H12O.C2H6/c1-4-11(12)10-7-5-6-8(2)9(10)3;1-2/h1,5-7,11-12H,2-3H3;1-2H3. The molecule has 1 aromatic carbocycles. The van der Waals surface area contributed by atoms with Crippen molar-refractivity contribution in [2.24, 2.45) is 0 Å². The van der Waals surface area contributed by atoms with E-state index in [1.807, 2.05) is 45.9 Å². The van der Waals surface area contributed by atoms with E-state index in [1.54, 1.807) is 0 Å². The van der Waals surface area contributed by atoms with Gasteiger partial charge in [-0.1, -0.05) is 38.0 Å². The summed E-state index contributed by atoms with van der Waals surface area (Å²) >= 11 is 0. The molecule has 0 aliphatic rings. The fraction of sp³-hybridized carbons (Fsp3) is 0.385. The quantitative estimate of drug-likeness (QED) is 0.675. The van der Waals surface area contributed by atoms with Gasteiger partial charge in [-0.05, 0) is 30.5 Å². The highest BCUT2D eigenvalue weighted by atomic mass is 16.3. The minimum absolute atomic E-state index is 0.773. The van der Waals surface area contributed by atoms with Crippen LogP contribution in [0.1, 0.15) is 36.6 Å². The molecule has 1 atom stereocenters. The van der Waals surface area contributed by atoms with E-state index >= 15 is 0 Å². The second-order valence-corrected chi connectivity index (χ2v) is 2.86. The van der Waals surface area contributed by atoms with E-state index in [9.17, 15) is 5.11 Å². The van der Waals surface area contributed by atoms with Gasteiger partial charge in [-0.2, -0.15) is 0 Å². The predicted octanol–water partition coefficient (Wildman–Crippen LogP) is 3.00. The maximum atomic E-state index is 9.40. The second-order valence-electron chi connectivity index (χ2n) is 2.86. The molecule has 0 aromatic heterocycles. The van der Waals surface area contributed by atoms with Crippen molar-refractivity contribution < 1.29 is 5.11 Å². The molecule has 0 heterocycles. The van der Waals surface area contributed by atoms with E-state index in [-0.39, 0.29) is 0 Å². The molecule has 0 saturated carbocycles. The lowest BCUT2D eigenvalue weighted by Gasteiger charge is -2.09. The lowest BCUT2D eigenvalue weighted by atomic mass is 10.00. The van der Waals surface area contributed by atoms with Crippen molar-refractivity contribution in [3.63, 3.8) is 0 Å². The highest BCUT2D eigenvalue weighted by Crippen LogP contribution is 2.19. The van der Waals surface area contributed by atoms with Crippen LogP contribution in [0, 0.1) is 26.2 Å². The molecule has 0 radical (unpaired) electrons. The Kier molecular flexibility index (Phi) is 5.67. The molecule has 0 saturated heterocycles. The van der Waals surface area contributed by atoms with Crippen LogP contribution in [0.25, 0.3) is 0 Å². The zero-order chi connectivity index (χ0) is 11.1. The van der Waals surface area contributed by atoms with Crippen LogP contribution in [-0.2, 0) is 0 Å². The van der Waals surface area contributed by atoms with Crippen molar-refractivity contribution >= 4 is 0 Å². The van der Waals surface area contributed by atoms with Gasteiger partial charge in [-0.25, -0.2) is 0 Å². The monoisotopic (exact) mass is 190 g/mol. The fourth-order valence-electron chi connectivity index (χ4n) is 1.16. The van der Waals surface area contributed by atoms with E-state index in [2.05, 4.69) is 5.92 Å². The molecule has 14 heavy (non-hydrogen) atoms. The number of aliphatic hydroxyl groups is 1. The van der Waals surface area contributed by atoms with Crippen LogP contribution in [0.5, 0.6) is 0 Å². The van der Waals surface area contributed by atoms with Gasteiger partial charge in [-0.3, -0.25) is 0 Å². The van der Waals surface area contributed by atoms with Gasteiger partial charge in [0.25, 0.3) is 0 Å². The molecule has 0 spiro atoms. The fourth-order valence-corrected chi connectivity index (χ4v) is 1.16. The third-order valence-corrected chi connectivity index (χ3v) is 2.10. The van der Waals surface area contributed by atoms with Gasteiger partial charge >= 0.3 is 0 Å². The summed E-state index contributed by atoms with van der Waals surface area (Å²) in [4.78, 5) is 0. The molecule has 0 aliphatic carbocycles. The van der Waals surface area contributed by atoms with Gasteiger partial charge in [0.2, 0.25) is 0 Å². The van der Waals surface area contributed by atoms with Gasteiger partial charge in [-0.15, -0.1) is 6.42 Å². The van der Waals surface area contributed by atoms with Crippen molar-refractivity contribution in [2.75, 3.05) is 0 Å². The molecule has 76 valence electrons. The summed E-state index contributed by atoms with van der Waals surface area (Å²) in [5.74, 6) is 2.30. The van der Waals surface area contributed by atoms with Crippen molar-refractivity contribution in [1.82, 2.24) is 0 Å². The summed E-state index contributed by atoms with van der Waals surface area (Å²) in [6, 6.07) is 5.76. The first kappa shape index (κ1) is 12.7. The number of aliphatic hydroxyl groups excluding tert-OH is 1. The molecule has 1 nitrogen and oxygen atoms in total. The molecule has 1 rings (SSSR count). The molecule has 1 aromatic rings. The van der Waals surface area contributed by atoms with Crippen LogP contribution < -0.4 is 0 Å². The Bertz CT molecular complexity index is 320. The third-order valence-electron chi connectivity index (χ3n) is 2.10. The summed E-state index contributed by atoms with van der Waals surface area (Å²) in [6.45, 7) is 7.97. The highest BCUT2D eigenvalue weighted by molar-refractivity contribution is 5.37. The topological polar surface area (TPSA) is 20.2 Å². The van der Waals surface area contributed by atoms with Gasteiger partial charge < -0.3 is 5.11 Å². The number of benzene rings is 1. The molecule has 0 aliphatic heterocycles. The van der Waals surface area contributed by atoms with Crippen LogP contribution in [0.4, 0.5) is 0 Å². The zero-order valence-corrected chi connectivity index (χ0v) is 9.33. The Morgan fingerprint density at radius 3 is 2.36 bits per heavy atom. The summed E-state index contributed by atoms with van der Waals surface area (Å²) in [6.07, 6.45) is 4.35. The SMILES string of the molecule is C#CC(O)c1cccc(C)c1C.CC. The maximum absolute atomic E-state index is 9.40. The number of hydrogen-bond donors (Lipinski definition) is 1. The van der Waals surface area contributed by atoms with E-state index in [0.717, 1.165) is 16.7 Å². The highest BCUT2D eigenvalue weighted by Gasteiger charge is 2.06. The number of rotatable bonds is 1. The lowest BCUT2D eigenvalue weighted by Crippen LogP contribution is -1.97. The number of terminal acetylenes is 1. The van der Waals surface area contributed by atoms with Crippen LogP contribution in [0.15, 0.2) is 18.2 Å². The van der Waals surface area contributed by atoms with Gasteiger partial charge in [0.1, 0.15) is 6.10 Å². The normalized spacial score (nSPS) is 10.9. The number of aryl methyl sites for hydroxylation is 1. The third kappa shape index (κ3) is 2.90. The van der Waals surface area contributed by atoms with Crippen LogP contribution in [0.3, 0.4) is 0 Å². The van der Waals surface area contributed by atoms with Crippen molar-refractivity contribution in [2.45, 2.75) is 33.8 Å². The first-order valence-electron chi connectivity index (χ1n) is 4.87. The first-order valence-corrected chi connectivity index (χ1v) is 4.87. The van der Waals surface area contributed by atoms with Crippen molar-refractivity contribution in [3.8, 4) is 12.3 Å². The number of hydrogen-bond acceptors (Lipinski definition) is 1. The molecule has 1 heteroatoms. The Labute approximate surface area is 86.8 Å². The van der Waals surface area contributed by atoms with Gasteiger partial charge in [0.15, 0.2) is 0 Å². The Balaban J connectivity index is 0.000000791. The van der Waals surface area contributed by atoms with Crippen molar-refractivity contribution in [1.29, 1.82) is 0 Å². The summed E-state index contributed by atoms with van der Waals surface area (Å²) in [5, 5.41) is 9.40. The average Bonchev–Trinajstić information content (AvgIpc) is 2.24. The molecule has 1 unspecified atom stereocenters. The lowest BCUT2D eigenvalue weighted by molar-refractivity contribution is 0.237. The maximum Gasteiger partial charge on any atom is 0.140 e. The summed E-state index contributed by atoms with van der Waals surface area (Å²) in [5.41, 5.74) is 3.06. The van der Waals surface area contributed by atoms with Gasteiger partial charge in [0, 0.05) is 0 Å². The largest absolute Gasteiger partial charge is 0.376 e. The summed E-state index contributed by atoms with van der Waals surface area (Å²) < 4.78 is 0. The zero-order valence-electron chi connectivity index (χ0n) is 9.33. The average molecular weight is 190 g/mol. The molecule has 0 bridgehead atoms. The van der Waals surface area contributed by atoms with Crippen LogP contribution in [0.2, 0.25) is 0 Å². The van der Waals surface area contributed by atoms with Crippen LogP contribution >= 0.6 is 0 Å². The van der Waals surface area contributed by atoms with Crippen LogP contribution in [-0.4, -0.2) is 5.11 Å². The van der Waals surface area contributed by atoms with E-state index in [0.29, 0.717) is 0 Å². The molecular weight excluding hydrogens is 172 g/mol. The van der Waals surface area contributed by atoms with E-state index in [4.69, 9.17) is 6.42 Å². The second kappa shape index (κ2) is 6.23. The van der Waals surface area contributed by atoms with Crippen molar-refractivity contribution in [3.05, 3.63) is 34.9 Å². The van der Waals surface area contributed by atoms with Gasteiger partial charge in [0.05, 0.1) is 0 Å². The minimum Gasteiger partial charge on any atom is -0.376 e. The molecular formula is C13H18O. The van der Waals surface area contributed by atoms with E-state index in [1.165, 1.54) is 0 Å². The van der Waals surface area contributed by atoms with E-state index < -0.39 is 6.10 Å². The summed E-state index contributed by atoms with van der Waals surface area (Å²) in [7, 11) is 0. The predicted molar refractivity (Wildman–Crippen MR) is 61.1 cm³/mol. The molecule has 0 fully saturated rings. The molecule has 1 N–H and O–H groups in total. The Morgan fingerprint density at radius 1 is 1.29 bits per heavy atom. The molecule has 0 amide bonds. The minimum atomic E-state index is -0.773. The smallest absolute Gasteiger partial charge is 0.140 e. The first-order chi connectivity index (χ1) is 6.66.